The van der Waals surface area contributed by atoms with E-state index in [1.54, 1.807) is 17.0 Å². The zero-order valence-electron chi connectivity index (χ0n) is 18.7. The normalized spacial score (nSPS) is 14.3. The van der Waals surface area contributed by atoms with E-state index in [-0.39, 0.29) is 18.4 Å². The van der Waals surface area contributed by atoms with Crippen molar-refractivity contribution < 1.29 is 18.7 Å². The predicted octanol–water partition coefficient (Wildman–Crippen LogP) is 4.07. The Labute approximate surface area is 203 Å². The highest BCUT2D eigenvalue weighted by molar-refractivity contribution is 6.30. The van der Waals surface area contributed by atoms with E-state index in [0.29, 0.717) is 24.6 Å². The number of hydrogen-bond acceptors (Lipinski definition) is 5. The lowest BCUT2D eigenvalue weighted by Crippen LogP contribution is -2.49. The van der Waals surface area contributed by atoms with E-state index in [1.807, 2.05) is 54.6 Å². The van der Waals surface area contributed by atoms with E-state index in [4.69, 9.17) is 20.8 Å². The van der Waals surface area contributed by atoms with Crippen LogP contribution in [0.15, 0.2) is 71.1 Å². The van der Waals surface area contributed by atoms with Crippen LogP contribution in [-0.4, -0.2) is 47.9 Å². The van der Waals surface area contributed by atoms with Crippen LogP contribution in [0.3, 0.4) is 0 Å². The number of halogens is 1. The van der Waals surface area contributed by atoms with Crippen molar-refractivity contribution >= 4 is 23.5 Å². The number of furan rings is 1. The van der Waals surface area contributed by atoms with Gasteiger partial charge < -0.3 is 14.1 Å². The van der Waals surface area contributed by atoms with Gasteiger partial charge in [-0.05, 0) is 48.4 Å². The molecule has 0 unspecified atom stereocenters. The topological polar surface area (TPSA) is 87.1 Å². The van der Waals surface area contributed by atoms with Crippen LogP contribution >= 0.6 is 11.6 Å². The van der Waals surface area contributed by atoms with Crippen molar-refractivity contribution in [3.05, 3.63) is 88.8 Å². The van der Waals surface area contributed by atoms with Gasteiger partial charge in [-0.3, -0.25) is 15.1 Å². The van der Waals surface area contributed by atoms with Crippen molar-refractivity contribution in [2.45, 2.75) is 19.6 Å². The lowest BCUT2D eigenvalue weighted by atomic mass is 10.2. The molecule has 1 fully saturated rings. The Morgan fingerprint density at radius 1 is 0.912 bits per heavy atom. The average molecular weight is 483 g/mol. The van der Waals surface area contributed by atoms with Crippen molar-refractivity contribution in [2.24, 2.45) is 0 Å². The van der Waals surface area contributed by atoms with Gasteiger partial charge in [-0.2, -0.15) is 0 Å². The number of hydrogen-bond donors (Lipinski definition) is 2. The molecule has 34 heavy (non-hydrogen) atoms. The molecule has 1 aliphatic heterocycles. The minimum absolute atomic E-state index is 0.0944. The summed E-state index contributed by atoms with van der Waals surface area (Å²) in [5, 5.41) is 0.718. The average Bonchev–Trinajstić information content (AvgIpc) is 3.22. The van der Waals surface area contributed by atoms with Crippen molar-refractivity contribution in [3.8, 4) is 5.75 Å². The standard InChI is InChI=1S/C25H27ClN4O4/c26-20-9-7-19(8-10-20)17-29-13-4-14-30(16-15-29)25(32)28-27-24(31)23-12-11-22(34-23)18-33-21-5-2-1-3-6-21/h1-3,5-12H,4,13-18H2,(H,27,31)(H,28,32). The molecule has 0 spiro atoms. The lowest BCUT2D eigenvalue weighted by molar-refractivity contribution is 0.0898. The molecule has 4 rings (SSSR count). The van der Waals surface area contributed by atoms with Crippen LogP contribution in [0, 0.1) is 0 Å². The minimum atomic E-state index is -0.529. The van der Waals surface area contributed by atoms with Gasteiger partial charge in [0.2, 0.25) is 0 Å². The van der Waals surface area contributed by atoms with Gasteiger partial charge in [0, 0.05) is 37.7 Å². The maximum Gasteiger partial charge on any atom is 0.336 e. The molecule has 2 aromatic carbocycles. The van der Waals surface area contributed by atoms with Crippen molar-refractivity contribution in [2.75, 3.05) is 26.2 Å². The molecule has 0 atom stereocenters. The van der Waals surface area contributed by atoms with E-state index >= 15 is 0 Å². The van der Waals surface area contributed by atoms with E-state index in [9.17, 15) is 9.59 Å². The molecule has 0 radical (unpaired) electrons. The van der Waals surface area contributed by atoms with Crippen LogP contribution in [0.1, 0.15) is 28.3 Å². The summed E-state index contributed by atoms with van der Waals surface area (Å²) in [6, 6.07) is 20.0. The van der Waals surface area contributed by atoms with Gasteiger partial charge in [-0.15, -0.1) is 0 Å². The van der Waals surface area contributed by atoms with E-state index in [0.717, 1.165) is 31.1 Å². The zero-order valence-corrected chi connectivity index (χ0v) is 19.5. The van der Waals surface area contributed by atoms with Gasteiger partial charge in [0.1, 0.15) is 18.1 Å². The van der Waals surface area contributed by atoms with Crippen molar-refractivity contribution in [1.82, 2.24) is 20.7 Å². The summed E-state index contributed by atoms with van der Waals surface area (Å²) in [7, 11) is 0. The van der Waals surface area contributed by atoms with Gasteiger partial charge in [0.05, 0.1) is 0 Å². The number of carbonyl (C=O) groups excluding carboxylic acids is 2. The molecule has 1 saturated heterocycles. The molecule has 1 aliphatic rings. The first-order chi connectivity index (χ1) is 16.6. The fraction of sp³-hybridized carbons (Fsp3) is 0.280. The van der Waals surface area contributed by atoms with E-state index in [1.165, 1.54) is 5.56 Å². The third-order valence-corrected chi connectivity index (χ3v) is 5.74. The minimum Gasteiger partial charge on any atom is -0.486 e. The Bertz CT molecular complexity index is 1090. The Balaban J connectivity index is 1.20. The fourth-order valence-corrected chi connectivity index (χ4v) is 3.81. The molecule has 3 aromatic rings. The SMILES string of the molecule is O=C(NNC(=O)N1CCCN(Cc2ccc(Cl)cc2)CC1)c1ccc(COc2ccccc2)o1. The summed E-state index contributed by atoms with van der Waals surface area (Å²) in [5.74, 6) is 0.783. The number of rotatable bonds is 6. The monoisotopic (exact) mass is 482 g/mol. The number of amides is 3. The first-order valence-electron chi connectivity index (χ1n) is 11.2. The van der Waals surface area contributed by atoms with Crippen LogP contribution in [0.2, 0.25) is 5.02 Å². The smallest absolute Gasteiger partial charge is 0.336 e. The molecule has 9 heteroatoms. The van der Waals surface area contributed by atoms with Gasteiger partial charge in [-0.25, -0.2) is 10.2 Å². The highest BCUT2D eigenvalue weighted by Gasteiger charge is 2.20. The number of urea groups is 1. The largest absolute Gasteiger partial charge is 0.486 e. The molecule has 2 N–H and O–H groups in total. The Kier molecular flexibility index (Phi) is 8.06. The van der Waals surface area contributed by atoms with E-state index < -0.39 is 5.91 Å². The first kappa shape index (κ1) is 23.7. The third kappa shape index (κ3) is 6.76. The van der Waals surface area contributed by atoms with Crippen molar-refractivity contribution in [1.29, 1.82) is 0 Å². The van der Waals surface area contributed by atoms with Crippen molar-refractivity contribution in [3.63, 3.8) is 0 Å². The summed E-state index contributed by atoms with van der Waals surface area (Å²) < 4.78 is 11.1. The number of nitrogens with zero attached hydrogens (tertiary/aromatic N) is 2. The van der Waals surface area contributed by atoms with Gasteiger partial charge in [0.25, 0.3) is 0 Å². The quantitative estimate of drug-likeness (QED) is 0.517. The summed E-state index contributed by atoms with van der Waals surface area (Å²) in [6.45, 7) is 3.81. The molecular weight excluding hydrogens is 456 g/mol. The Hall–Kier alpha value is -3.49. The number of carbonyl (C=O) groups is 2. The summed E-state index contributed by atoms with van der Waals surface area (Å²) in [5.41, 5.74) is 6.08. The van der Waals surface area contributed by atoms with Crippen LogP contribution in [-0.2, 0) is 13.2 Å². The highest BCUT2D eigenvalue weighted by Crippen LogP contribution is 2.15. The van der Waals surface area contributed by atoms with Crippen LogP contribution in [0.5, 0.6) is 5.75 Å². The maximum atomic E-state index is 12.6. The number of para-hydroxylation sites is 1. The van der Waals surface area contributed by atoms with Crippen LogP contribution in [0.4, 0.5) is 4.79 Å². The summed E-state index contributed by atoms with van der Waals surface area (Å²) in [6.07, 6.45) is 0.845. The number of benzene rings is 2. The highest BCUT2D eigenvalue weighted by atomic mass is 35.5. The molecule has 3 amide bonds. The molecular formula is C25H27ClN4O4. The molecule has 1 aromatic heterocycles. The van der Waals surface area contributed by atoms with Gasteiger partial charge in [-0.1, -0.05) is 41.9 Å². The summed E-state index contributed by atoms with van der Waals surface area (Å²) in [4.78, 5) is 28.9. The second-order valence-electron chi connectivity index (χ2n) is 8.00. The molecule has 2 heterocycles. The second-order valence-corrected chi connectivity index (χ2v) is 8.43. The van der Waals surface area contributed by atoms with Crippen LogP contribution < -0.4 is 15.6 Å². The molecule has 178 valence electrons. The predicted molar refractivity (Wildman–Crippen MR) is 128 cm³/mol. The molecule has 8 nitrogen and oxygen atoms in total. The van der Waals surface area contributed by atoms with Gasteiger partial charge in [0.15, 0.2) is 5.76 Å². The molecule has 0 aliphatic carbocycles. The van der Waals surface area contributed by atoms with Crippen LogP contribution in [0.25, 0.3) is 0 Å². The molecule has 0 bridgehead atoms. The fourth-order valence-electron chi connectivity index (χ4n) is 3.68. The van der Waals surface area contributed by atoms with E-state index in [2.05, 4.69) is 15.8 Å². The number of ether oxygens (including phenoxy) is 1. The lowest BCUT2D eigenvalue weighted by Gasteiger charge is -2.22. The molecule has 0 saturated carbocycles. The second kappa shape index (κ2) is 11.6. The van der Waals surface area contributed by atoms with Gasteiger partial charge >= 0.3 is 11.9 Å². The number of nitrogens with one attached hydrogen (secondary N) is 2. The zero-order chi connectivity index (χ0) is 23.8. The Morgan fingerprint density at radius 2 is 1.71 bits per heavy atom. The Morgan fingerprint density at radius 3 is 2.50 bits per heavy atom. The maximum absolute atomic E-state index is 12.6. The third-order valence-electron chi connectivity index (χ3n) is 5.49. The first-order valence-corrected chi connectivity index (χ1v) is 11.5. The summed E-state index contributed by atoms with van der Waals surface area (Å²) >= 11 is 5.96. The number of hydrazine groups is 1.